The SMILES string of the molecule is C/C=C/c1cc(COC/C=C/CC)ccc1-c1ccc(-c2ccccc2)cc1. The van der Waals surface area contributed by atoms with Crippen LogP contribution in [0.5, 0.6) is 0 Å². The van der Waals surface area contributed by atoms with Crippen LogP contribution < -0.4 is 0 Å². The van der Waals surface area contributed by atoms with Gasteiger partial charge in [-0.1, -0.05) is 98.0 Å². The van der Waals surface area contributed by atoms with Crippen LogP contribution in [0, 0.1) is 0 Å². The van der Waals surface area contributed by atoms with Gasteiger partial charge < -0.3 is 4.74 Å². The van der Waals surface area contributed by atoms with Gasteiger partial charge in [0.1, 0.15) is 0 Å². The Labute approximate surface area is 169 Å². The monoisotopic (exact) mass is 368 g/mol. The van der Waals surface area contributed by atoms with Crippen molar-refractivity contribution in [3.8, 4) is 22.3 Å². The molecule has 0 aliphatic carbocycles. The zero-order valence-electron chi connectivity index (χ0n) is 16.8. The summed E-state index contributed by atoms with van der Waals surface area (Å²) in [6.45, 7) is 5.48. The second-order valence-corrected chi connectivity index (χ2v) is 6.76. The van der Waals surface area contributed by atoms with Crippen molar-refractivity contribution in [1.29, 1.82) is 0 Å². The molecule has 0 saturated carbocycles. The summed E-state index contributed by atoms with van der Waals surface area (Å²) in [5.41, 5.74) is 7.37. The van der Waals surface area contributed by atoms with E-state index in [4.69, 9.17) is 4.74 Å². The lowest BCUT2D eigenvalue weighted by atomic mass is 9.95. The predicted octanol–water partition coefficient (Wildman–Crippen LogP) is 7.54. The molecule has 0 aromatic heterocycles. The first kappa shape index (κ1) is 19.9. The van der Waals surface area contributed by atoms with Gasteiger partial charge in [-0.05, 0) is 52.8 Å². The Bertz CT molecular complexity index is 918. The maximum Gasteiger partial charge on any atom is 0.0721 e. The molecule has 0 atom stereocenters. The molecule has 0 fully saturated rings. The van der Waals surface area contributed by atoms with Crippen molar-refractivity contribution in [3.63, 3.8) is 0 Å². The molecular weight excluding hydrogens is 340 g/mol. The molecule has 0 spiro atoms. The van der Waals surface area contributed by atoms with Crippen molar-refractivity contribution < 1.29 is 4.74 Å². The summed E-state index contributed by atoms with van der Waals surface area (Å²) in [4.78, 5) is 0. The highest BCUT2D eigenvalue weighted by Gasteiger charge is 2.06. The lowest BCUT2D eigenvalue weighted by Crippen LogP contribution is -1.94. The lowest BCUT2D eigenvalue weighted by Gasteiger charge is -2.11. The van der Waals surface area contributed by atoms with E-state index in [2.05, 4.69) is 105 Å². The van der Waals surface area contributed by atoms with Crippen LogP contribution in [-0.4, -0.2) is 6.61 Å². The van der Waals surface area contributed by atoms with Crippen molar-refractivity contribution in [2.75, 3.05) is 6.61 Å². The average Bonchev–Trinajstić information content (AvgIpc) is 2.75. The normalized spacial score (nSPS) is 11.5. The number of ether oxygens (including phenoxy) is 1. The van der Waals surface area contributed by atoms with Gasteiger partial charge in [0.2, 0.25) is 0 Å². The molecule has 0 aliphatic rings. The molecule has 3 aromatic rings. The van der Waals surface area contributed by atoms with E-state index in [1.54, 1.807) is 0 Å². The van der Waals surface area contributed by atoms with E-state index in [1.807, 2.05) is 6.07 Å². The number of rotatable bonds is 8. The first-order chi connectivity index (χ1) is 13.8. The van der Waals surface area contributed by atoms with Crippen LogP contribution in [0.1, 0.15) is 31.4 Å². The summed E-state index contributed by atoms with van der Waals surface area (Å²) >= 11 is 0. The molecule has 1 nitrogen and oxygen atoms in total. The molecule has 28 heavy (non-hydrogen) atoms. The van der Waals surface area contributed by atoms with E-state index < -0.39 is 0 Å². The van der Waals surface area contributed by atoms with Crippen molar-refractivity contribution in [2.45, 2.75) is 26.9 Å². The smallest absolute Gasteiger partial charge is 0.0721 e. The fraction of sp³-hybridized carbons (Fsp3) is 0.185. The fourth-order valence-corrected chi connectivity index (χ4v) is 3.23. The standard InChI is InChI=1S/C27H28O/c1-3-5-9-19-28-21-22-13-18-27(26(20-22)10-4-2)25-16-14-24(15-17-25)23-11-7-6-8-12-23/h4-18,20H,3,19,21H2,1-2H3/b9-5+,10-4+. The van der Waals surface area contributed by atoms with Crippen LogP contribution in [0.2, 0.25) is 0 Å². The summed E-state index contributed by atoms with van der Waals surface area (Å²) < 4.78 is 5.75. The number of allylic oxidation sites excluding steroid dienone is 2. The van der Waals surface area contributed by atoms with E-state index in [9.17, 15) is 0 Å². The third kappa shape index (κ3) is 5.31. The summed E-state index contributed by atoms with van der Waals surface area (Å²) in [5.74, 6) is 0. The third-order valence-corrected chi connectivity index (χ3v) is 4.65. The summed E-state index contributed by atoms with van der Waals surface area (Å²) in [6, 6.07) is 25.9. The molecule has 0 heterocycles. The van der Waals surface area contributed by atoms with Gasteiger partial charge >= 0.3 is 0 Å². The first-order valence-corrected chi connectivity index (χ1v) is 9.96. The Hall–Kier alpha value is -2.90. The topological polar surface area (TPSA) is 9.23 Å². The van der Waals surface area contributed by atoms with E-state index >= 15 is 0 Å². The van der Waals surface area contributed by atoms with Crippen molar-refractivity contribution in [1.82, 2.24) is 0 Å². The van der Waals surface area contributed by atoms with Crippen LogP contribution in [0.3, 0.4) is 0 Å². The van der Waals surface area contributed by atoms with Gasteiger partial charge in [-0.15, -0.1) is 0 Å². The summed E-state index contributed by atoms with van der Waals surface area (Å²) in [5, 5.41) is 0. The minimum Gasteiger partial charge on any atom is -0.373 e. The van der Waals surface area contributed by atoms with E-state index in [-0.39, 0.29) is 0 Å². The quantitative estimate of drug-likeness (QED) is 0.295. The second kappa shape index (κ2) is 10.4. The third-order valence-electron chi connectivity index (χ3n) is 4.65. The van der Waals surface area contributed by atoms with E-state index in [0.717, 1.165) is 6.42 Å². The molecule has 0 aliphatic heterocycles. The molecule has 0 bridgehead atoms. The zero-order chi connectivity index (χ0) is 19.6. The molecule has 0 saturated heterocycles. The van der Waals surface area contributed by atoms with Gasteiger partial charge in [0.15, 0.2) is 0 Å². The number of benzene rings is 3. The Kier molecular flexibility index (Phi) is 7.40. The lowest BCUT2D eigenvalue weighted by molar-refractivity contribution is 0.148. The van der Waals surface area contributed by atoms with Crippen molar-refractivity contribution in [2.24, 2.45) is 0 Å². The Morgan fingerprint density at radius 3 is 2.21 bits per heavy atom. The molecular formula is C27H28O. The first-order valence-electron chi connectivity index (χ1n) is 9.96. The highest BCUT2D eigenvalue weighted by Crippen LogP contribution is 2.29. The largest absolute Gasteiger partial charge is 0.373 e. The molecule has 0 N–H and O–H groups in total. The van der Waals surface area contributed by atoms with Crippen LogP contribution in [0.4, 0.5) is 0 Å². The van der Waals surface area contributed by atoms with Gasteiger partial charge in [0.05, 0.1) is 13.2 Å². The molecule has 0 radical (unpaired) electrons. The minimum absolute atomic E-state index is 0.631. The van der Waals surface area contributed by atoms with Gasteiger partial charge in [-0.3, -0.25) is 0 Å². The van der Waals surface area contributed by atoms with Crippen LogP contribution >= 0.6 is 0 Å². The predicted molar refractivity (Wildman–Crippen MR) is 121 cm³/mol. The van der Waals surface area contributed by atoms with E-state index in [0.29, 0.717) is 13.2 Å². The van der Waals surface area contributed by atoms with Gasteiger partial charge in [0, 0.05) is 0 Å². The number of hydrogen-bond donors (Lipinski definition) is 0. The fourth-order valence-electron chi connectivity index (χ4n) is 3.23. The average molecular weight is 369 g/mol. The van der Waals surface area contributed by atoms with Gasteiger partial charge in [-0.2, -0.15) is 0 Å². The molecule has 1 heteroatoms. The Morgan fingerprint density at radius 1 is 0.786 bits per heavy atom. The molecule has 3 rings (SSSR count). The Balaban J connectivity index is 1.80. The highest BCUT2D eigenvalue weighted by atomic mass is 16.5. The van der Waals surface area contributed by atoms with Crippen LogP contribution in [-0.2, 0) is 11.3 Å². The maximum absolute atomic E-state index is 5.75. The maximum atomic E-state index is 5.75. The molecule has 142 valence electrons. The molecule has 0 amide bonds. The number of hydrogen-bond acceptors (Lipinski definition) is 1. The molecule has 3 aromatic carbocycles. The highest BCUT2D eigenvalue weighted by molar-refractivity contribution is 5.77. The summed E-state index contributed by atoms with van der Waals surface area (Å²) in [7, 11) is 0. The summed E-state index contributed by atoms with van der Waals surface area (Å²) in [6.07, 6.45) is 9.52. The van der Waals surface area contributed by atoms with Crippen LogP contribution in [0.25, 0.3) is 28.3 Å². The van der Waals surface area contributed by atoms with Crippen LogP contribution in [0.15, 0.2) is 91.0 Å². The minimum atomic E-state index is 0.631. The second-order valence-electron chi connectivity index (χ2n) is 6.76. The van der Waals surface area contributed by atoms with Gasteiger partial charge in [0.25, 0.3) is 0 Å². The van der Waals surface area contributed by atoms with Gasteiger partial charge in [-0.25, -0.2) is 0 Å². The zero-order valence-corrected chi connectivity index (χ0v) is 16.8. The Morgan fingerprint density at radius 2 is 1.50 bits per heavy atom. The molecule has 0 unspecified atom stereocenters. The van der Waals surface area contributed by atoms with Crippen molar-refractivity contribution in [3.05, 3.63) is 102 Å². The van der Waals surface area contributed by atoms with Crippen molar-refractivity contribution >= 4 is 6.08 Å². The van der Waals surface area contributed by atoms with E-state index in [1.165, 1.54) is 33.4 Å².